The van der Waals surface area contributed by atoms with E-state index >= 15 is 0 Å². The Hall–Kier alpha value is -3.03. The lowest BCUT2D eigenvalue weighted by molar-refractivity contribution is -0.104. The first kappa shape index (κ1) is 20.3. The van der Waals surface area contributed by atoms with E-state index in [0.717, 1.165) is 5.56 Å². The number of carbonyl (C=O) groups excluding carboxylic acids is 1. The van der Waals surface area contributed by atoms with Crippen molar-refractivity contribution in [3.63, 3.8) is 0 Å². The van der Waals surface area contributed by atoms with Crippen LogP contribution in [0.2, 0.25) is 0 Å². The minimum absolute atomic E-state index is 0.0597. The summed E-state index contributed by atoms with van der Waals surface area (Å²) in [6.07, 6.45) is 1.48. The minimum Gasteiger partial charge on any atom is -0.504 e. The topological polar surface area (TPSA) is 105 Å². The Morgan fingerprint density at radius 3 is 2.41 bits per heavy atom. The fraction of sp³-hybridized carbons (Fsp3) is 0.250. The minimum atomic E-state index is -1.18. The lowest BCUT2D eigenvalue weighted by atomic mass is 10.0. The molecular weight excluding hydrogens is 352 g/mol. The van der Waals surface area contributed by atoms with Gasteiger partial charge < -0.3 is 29.5 Å². The van der Waals surface area contributed by atoms with Gasteiger partial charge >= 0.3 is 0 Å². The predicted octanol–water partition coefficient (Wildman–Crippen LogP) is 2.09. The van der Waals surface area contributed by atoms with Gasteiger partial charge in [-0.25, -0.2) is 0 Å². The predicted molar refractivity (Wildman–Crippen MR) is 99.2 cm³/mol. The monoisotopic (exact) mass is 374 g/mol. The van der Waals surface area contributed by atoms with Gasteiger partial charge in [0.2, 0.25) is 0 Å². The van der Waals surface area contributed by atoms with Gasteiger partial charge in [-0.1, -0.05) is 18.2 Å². The van der Waals surface area contributed by atoms with Gasteiger partial charge in [0.15, 0.2) is 29.1 Å². The maximum absolute atomic E-state index is 10.6. The van der Waals surface area contributed by atoms with Crippen LogP contribution in [0.15, 0.2) is 42.5 Å². The summed E-state index contributed by atoms with van der Waals surface area (Å²) >= 11 is 0. The summed E-state index contributed by atoms with van der Waals surface area (Å²) in [4.78, 5) is 10.4. The average molecular weight is 374 g/mol. The zero-order valence-corrected chi connectivity index (χ0v) is 15.0. The van der Waals surface area contributed by atoms with E-state index in [1.54, 1.807) is 24.3 Å². The van der Waals surface area contributed by atoms with Crippen LogP contribution < -0.4 is 14.2 Å². The summed E-state index contributed by atoms with van der Waals surface area (Å²) in [7, 11) is 2.86. The first-order chi connectivity index (χ1) is 13.0. The molecule has 2 rings (SSSR count). The molecule has 0 saturated carbocycles. The molecule has 27 heavy (non-hydrogen) atoms. The average Bonchev–Trinajstić information content (AvgIpc) is 2.70. The Bertz CT molecular complexity index is 801. The normalized spacial score (nSPS) is 13.2. The maximum atomic E-state index is 10.6. The molecule has 0 bridgehead atoms. The summed E-state index contributed by atoms with van der Waals surface area (Å²) in [5, 5.41) is 29.9. The molecule has 144 valence electrons. The van der Waals surface area contributed by atoms with Gasteiger partial charge in [-0.05, 0) is 41.5 Å². The summed E-state index contributed by atoms with van der Waals surface area (Å²) in [5.41, 5.74) is 1.14. The van der Waals surface area contributed by atoms with E-state index in [2.05, 4.69) is 0 Å². The molecule has 0 aliphatic heterocycles. The molecule has 0 radical (unpaired) electrons. The van der Waals surface area contributed by atoms with Crippen LogP contribution in [0.1, 0.15) is 17.2 Å². The summed E-state index contributed by atoms with van der Waals surface area (Å²) in [5.74, 6) is 0.851. The smallest absolute Gasteiger partial charge is 0.161 e. The number of aliphatic hydroxyl groups excluding tert-OH is 2. The van der Waals surface area contributed by atoms with Crippen LogP contribution in [-0.4, -0.2) is 48.5 Å². The van der Waals surface area contributed by atoms with Crippen molar-refractivity contribution in [2.24, 2.45) is 0 Å². The molecule has 0 saturated heterocycles. The molecule has 2 aromatic carbocycles. The van der Waals surface area contributed by atoms with Crippen molar-refractivity contribution in [1.29, 1.82) is 0 Å². The Morgan fingerprint density at radius 2 is 1.78 bits per heavy atom. The first-order valence-electron chi connectivity index (χ1n) is 8.16. The zero-order valence-electron chi connectivity index (χ0n) is 15.0. The summed E-state index contributed by atoms with van der Waals surface area (Å²) in [6, 6.07) is 9.37. The van der Waals surface area contributed by atoms with Crippen LogP contribution in [0.3, 0.4) is 0 Å². The van der Waals surface area contributed by atoms with E-state index in [1.807, 2.05) is 0 Å². The highest BCUT2D eigenvalue weighted by Crippen LogP contribution is 2.34. The number of hydrogen-bond acceptors (Lipinski definition) is 7. The van der Waals surface area contributed by atoms with Gasteiger partial charge in [-0.3, -0.25) is 4.79 Å². The van der Waals surface area contributed by atoms with Crippen LogP contribution in [0, 0.1) is 0 Å². The van der Waals surface area contributed by atoms with Crippen molar-refractivity contribution < 1.29 is 34.3 Å². The molecule has 2 atom stereocenters. The van der Waals surface area contributed by atoms with E-state index in [9.17, 15) is 20.1 Å². The Labute approximate surface area is 157 Å². The summed E-state index contributed by atoms with van der Waals surface area (Å²) in [6.45, 7) is -0.458. The number of ether oxygens (including phenoxy) is 3. The van der Waals surface area contributed by atoms with Crippen LogP contribution >= 0.6 is 0 Å². The number of aromatic hydroxyl groups is 1. The molecule has 0 fully saturated rings. The molecule has 7 nitrogen and oxygen atoms in total. The number of phenolic OH excluding ortho intramolecular Hbond substituents is 1. The van der Waals surface area contributed by atoms with E-state index in [-0.39, 0.29) is 11.5 Å². The van der Waals surface area contributed by atoms with Gasteiger partial charge in [-0.15, -0.1) is 0 Å². The van der Waals surface area contributed by atoms with Gasteiger partial charge in [0.25, 0.3) is 0 Å². The second-order valence-corrected chi connectivity index (χ2v) is 5.62. The van der Waals surface area contributed by atoms with Crippen LogP contribution in [0.4, 0.5) is 0 Å². The van der Waals surface area contributed by atoms with E-state index in [1.165, 1.54) is 38.5 Å². The van der Waals surface area contributed by atoms with Crippen LogP contribution in [0.25, 0.3) is 6.08 Å². The Morgan fingerprint density at radius 1 is 1.04 bits per heavy atom. The molecule has 0 unspecified atom stereocenters. The van der Waals surface area contributed by atoms with E-state index in [4.69, 9.17) is 14.2 Å². The van der Waals surface area contributed by atoms with Crippen molar-refractivity contribution in [3.05, 3.63) is 53.6 Å². The largest absolute Gasteiger partial charge is 0.504 e. The lowest BCUT2D eigenvalue weighted by Gasteiger charge is -2.24. The molecule has 0 amide bonds. The number of benzene rings is 2. The number of carbonyl (C=O) groups is 1. The Kier molecular flexibility index (Phi) is 7.22. The number of hydrogen-bond donors (Lipinski definition) is 3. The molecule has 0 heterocycles. The molecule has 0 aliphatic rings. The number of rotatable bonds is 9. The van der Waals surface area contributed by atoms with Crippen molar-refractivity contribution in [2.75, 3.05) is 20.8 Å². The standard InChI is InChI=1S/C20H22O7/c1-25-17-11-14(6-7-15(17)23)20(24)19(12-22)27-16-8-5-13(4-3-9-21)10-18(16)26-2/h3-11,19-20,22-24H,12H2,1-2H3/t19-,20-/m1/s1. The SMILES string of the molecule is COc1cc([C@@H](O)[C@@H](CO)Oc2ccc(C=CC=O)cc2OC)ccc1O. The molecule has 0 aliphatic carbocycles. The zero-order chi connectivity index (χ0) is 19.8. The molecule has 0 spiro atoms. The number of allylic oxidation sites excluding steroid dienone is 1. The highest BCUT2D eigenvalue weighted by Gasteiger charge is 2.24. The first-order valence-corrected chi connectivity index (χ1v) is 8.16. The highest BCUT2D eigenvalue weighted by molar-refractivity contribution is 5.74. The fourth-order valence-electron chi connectivity index (χ4n) is 2.49. The quantitative estimate of drug-likeness (QED) is 0.456. The van der Waals surface area contributed by atoms with Crippen molar-refractivity contribution in [2.45, 2.75) is 12.2 Å². The van der Waals surface area contributed by atoms with Crippen molar-refractivity contribution in [1.82, 2.24) is 0 Å². The number of methoxy groups -OCH3 is 2. The summed E-state index contributed by atoms with van der Waals surface area (Å²) < 4.78 is 16.1. The third-order valence-electron chi connectivity index (χ3n) is 3.91. The maximum Gasteiger partial charge on any atom is 0.161 e. The number of aldehydes is 1. The Balaban J connectivity index is 2.25. The molecule has 2 aromatic rings. The van der Waals surface area contributed by atoms with Gasteiger partial charge in [-0.2, -0.15) is 0 Å². The second kappa shape index (κ2) is 9.61. The van der Waals surface area contributed by atoms with Gasteiger partial charge in [0.1, 0.15) is 12.4 Å². The molecule has 0 aromatic heterocycles. The number of phenols is 1. The second-order valence-electron chi connectivity index (χ2n) is 5.62. The fourth-order valence-corrected chi connectivity index (χ4v) is 2.49. The number of aliphatic hydroxyl groups is 2. The third kappa shape index (κ3) is 4.99. The van der Waals surface area contributed by atoms with E-state index < -0.39 is 18.8 Å². The van der Waals surface area contributed by atoms with Crippen LogP contribution in [-0.2, 0) is 4.79 Å². The molecular formula is C20H22O7. The lowest BCUT2D eigenvalue weighted by Crippen LogP contribution is -2.29. The third-order valence-corrected chi connectivity index (χ3v) is 3.91. The van der Waals surface area contributed by atoms with Gasteiger partial charge in [0, 0.05) is 0 Å². The van der Waals surface area contributed by atoms with E-state index in [0.29, 0.717) is 23.3 Å². The van der Waals surface area contributed by atoms with Gasteiger partial charge in [0.05, 0.1) is 20.8 Å². The van der Waals surface area contributed by atoms with Crippen LogP contribution in [0.5, 0.6) is 23.0 Å². The highest BCUT2D eigenvalue weighted by atomic mass is 16.5. The van der Waals surface area contributed by atoms with Crippen molar-refractivity contribution >= 4 is 12.4 Å². The molecule has 7 heteroatoms. The van der Waals surface area contributed by atoms with Crippen molar-refractivity contribution in [3.8, 4) is 23.0 Å². The molecule has 3 N–H and O–H groups in total.